The zero-order chi connectivity index (χ0) is 19.1. The zero-order valence-corrected chi connectivity index (χ0v) is 14.7. The van der Waals surface area contributed by atoms with Gasteiger partial charge >= 0.3 is 6.03 Å². The summed E-state index contributed by atoms with van der Waals surface area (Å²) in [5.74, 6) is -1.23. The first-order chi connectivity index (χ1) is 12.2. The Hall–Kier alpha value is -2.87. The van der Waals surface area contributed by atoms with Gasteiger partial charge < -0.3 is 15.1 Å². The van der Waals surface area contributed by atoms with Gasteiger partial charge in [-0.2, -0.15) is 0 Å². The molecule has 1 aromatic carbocycles. The van der Waals surface area contributed by atoms with E-state index in [-0.39, 0.29) is 16.5 Å². The molecular weight excluding hydrogens is 365 g/mol. The summed E-state index contributed by atoms with van der Waals surface area (Å²) in [7, 11) is 0. The van der Waals surface area contributed by atoms with Gasteiger partial charge in [-0.3, -0.25) is 14.5 Å². The Balaban J connectivity index is 1.75. The molecule has 1 saturated heterocycles. The molecule has 1 fully saturated rings. The molecule has 1 aliphatic heterocycles. The number of imide groups is 1. The predicted octanol–water partition coefficient (Wildman–Crippen LogP) is 2.79. The molecule has 2 N–H and O–H groups in total. The summed E-state index contributed by atoms with van der Waals surface area (Å²) in [6.45, 7) is 2.62. The van der Waals surface area contributed by atoms with Crippen molar-refractivity contribution in [1.29, 1.82) is 0 Å². The van der Waals surface area contributed by atoms with Crippen molar-refractivity contribution in [2.24, 2.45) is 0 Å². The lowest BCUT2D eigenvalue weighted by Crippen LogP contribution is -2.42. The topological polar surface area (TPSA) is 91.7 Å². The maximum Gasteiger partial charge on any atom is 0.325 e. The van der Waals surface area contributed by atoms with E-state index in [9.17, 15) is 18.8 Å². The highest BCUT2D eigenvalue weighted by Crippen LogP contribution is 2.30. The van der Waals surface area contributed by atoms with Crippen molar-refractivity contribution in [1.82, 2.24) is 10.2 Å². The number of amides is 4. The molecule has 1 aliphatic rings. The van der Waals surface area contributed by atoms with E-state index >= 15 is 0 Å². The molecule has 1 aromatic heterocycles. The van der Waals surface area contributed by atoms with E-state index in [1.54, 1.807) is 19.1 Å². The van der Waals surface area contributed by atoms with E-state index in [4.69, 9.17) is 16.0 Å². The number of hydrogen-bond donors (Lipinski definition) is 2. The average Bonchev–Trinajstić information content (AvgIpc) is 3.09. The molecule has 1 atom stereocenters. The Morgan fingerprint density at radius 1 is 1.35 bits per heavy atom. The smallest absolute Gasteiger partial charge is 0.325 e. The third-order valence-corrected chi connectivity index (χ3v) is 4.25. The fraction of sp³-hybridized carbons (Fsp3) is 0.235. The number of anilines is 1. The van der Waals surface area contributed by atoms with Gasteiger partial charge in [-0.05, 0) is 44.2 Å². The first-order valence-corrected chi connectivity index (χ1v) is 8.04. The summed E-state index contributed by atoms with van der Waals surface area (Å²) < 4.78 is 19.1. The van der Waals surface area contributed by atoms with Crippen LogP contribution in [0.3, 0.4) is 0 Å². The van der Waals surface area contributed by atoms with E-state index in [0.29, 0.717) is 5.76 Å². The second-order valence-electron chi connectivity index (χ2n) is 6.03. The van der Waals surface area contributed by atoms with E-state index < -0.39 is 35.7 Å². The lowest BCUT2D eigenvalue weighted by atomic mass is 9.99. The third-order valence-electron chi connectivity index (χ3n) is 4.01. The Morgan fingerprint density at radius 3 is 2.73 bits per heavy atom. The van der Waals surface area contributed by atoms with E-state index in [1.807, 2.05) is 0 Å². The van der Waals surface area contributed by atoms with Crippen molar-refractivity contribution < 1.29 is 23.2 Å². The second kappa shape index (κ2) is 6.45. The summed E-state index contributed by atoms with van der Waals surface area (Å²) in [6.07, 6.45) is 0. The van der Waals surface area contributed by atoms with Crippen LogP contribution in [0.2, 0.25) is 5.02 Å². The number of aryl methyl sites for hydroxylation is 1. The molecule has 0 aliphatic carbocycles. The minimum atomic E-state index is -1.41. The Kier molecular flexibility index (Phi) is 4.45. The summed E-state index contributed by atoms with van der Waals surface area (Å²) in [5, 5.41) is 5.05. The second-order valence-corrected chi connectivity index (χ2v) is 6.47. The van der Waals surface area contributed by atoms with Crippen LogP contribution in [-0.2, 0) is 15.1 Å². The molecule has 9 heteroatoms. The highest BCUT2D eigenvalue weighted by atomic mass is 35.5. The molecule has 7 nitrogen and oxygen atoms in total. The molecule has 0 spiro atoms. The summed E-state index contributed by atoms with van der Waals surface area (Å²) >= 11 is 5.77. The van der Waals surface area contributed by atoms with Gasteiger partial charge in [0.2, 0.25) is 5.91 Å². The number of benzene rings is 1. The van der Waals surface area contributed by atoms with Crippen LogP contribution in [0.4, 0.5) is 14.9 Å². The van der Waals surface area contributed by atoms with Crippen LogP contribution in [0.5, 0.6) is 0 Å². The molecule has 0 saturated carbocycles. The normalized spacial score (nSPS) is 19.6. The van der Waals surface area contributed by atoms with Gasteiger partial charge in [-0.1, -0.05) is 11.6 Å². The van der Waals surface area contributed by atoms with Gasteiger partial charge in [-0.15, -0.1) is 0 Å². The highest BCUT2D eigenvalue weighted by Gasteiger charge is 2.51. The van der Waals surface area contributed by atoms with E-state index in [2.05, 4.69) is 10.6 Å². The number of nitrogens with one attached hydrogen (secondary N) is 2. The van der Waals surface area contributed by atoms with E-state index in [0.717, 1.165) is 11.0 Å². The van der Waals surface area contributed by atoms with E-state index in [1.165, 1.54) is 19.1 Å². The van der Waals surface area contributed by atoms with Crippen LogP contribution < -0.4 is 10.6 Å². The number of carbonyl (C=O) groups excluding carboxylic acids is 3. The van der Waals surface area contributed by atoms with Gasteiger partial charge in [0.05, 0.1) is 5.69 Å². The Labute approximate surface area is 153 Å². The highest BCUT2D eigenvalue weighted by molar-refractivity contribution is 6.30. The molecule has 2 heterocycles. The summed E-state index contributed by atoms with van der Waals surface area (Å²) in [6, 6.07) is 6.17. The minimum absolute atomic E-state index is 0.140. The van der Waals surface area contributed by atoms with Gasteiger partial charge in [0.15, 0.2) is 5.54 Å². The quantitative estimate of drug-likeness (QED) is 0.799. The molecule has 0 radical (unpaired) electrons. The first kappa shape index (κ1) is 17.9. The number of halogens is 2. The molecule has 26 heavy (non-hydrogen) atoms. The lowest BCUT2D eigenvalue weighted by molar-refractivity contribution is -0.134. The minimum Gasteiger partial charge on any atom is -0.463 e. The van der Waals surface area contributed by atoms with Crippen LogP contribution in [0, 0.1) is 12.7 Å². The predicted molar refractivity (Wildman–Crippen MR) is 91.1 cm³/mol. The molecule has 0 bridgehead atoms. The lowest BCUT2D eigenvalue weighted by Gasteiger charge is -2.19. The standard InChI is InChI=1S/C17H15ClFN3O4/c1-9-3-6-13(26-9)17(2)15(24)22(16(25)21-17)8-14(23)20-12-7-10(18)4-5-11(12)19/h3-7H,8H2,1-2H3,(H,20,23)(H,21,25)/t17-/m1/s1. The van der Waals surface area contributed by atoms with Gasteiger partial charge in [0.1, 0.15) is 23.9 Å². The monoisotopic (exact) mass is 379 g/mol. The first-order valence-electron chi connectivity index (χ1n) is 7.66. The van der Waals surface area contributed by atoms with Gasteiger partial charge in [0.25, 0.3) is 5.91 Å². The van der Waals surface area contributed by atoms with Gasteiger partial charge in [-0.25, -0.2) is 9.18 Å². The van der Waals surface area contributed by atoms with Crippen molar-refractivity contribution in [3.63, 3.8) is 0 Å². The third kappa shape index (κ3) is 3.15. The number of urea groups is 1. The van der Waals surface area contributed by atoms with Crippen molar-refractivity contribution >= 4 is 35.1 Å². The SMILES string of the molecule is Cc1ccc([C@@]2(C)NC(=O)N(CC(=O)Nc3cc(Cl)ccc3F)C2=O)o1. The van der Waals surface area contributed by atoms with Crippen LogP contribution in [0.15, 0.2) is 34.7 Å². The summed E-state index contributed by atoms with van der Waals surface area (Å²) in [4.78, 5) is 37.7. The number of hydrogen-bond acceptors (Lipinski definition) is 4. The van der Waals surface area contributed by atoms with Gasteiger partial charge in [0, 0.05) is 5.02 Å². The fourth-order valence-corrected chi connectivity index (χ4v) is 2.81. The van der Waals surface area contributed by atoms with Crippen LogP contribution in [0.1, 0.15) is 18.4 Å². The Morgan fingerprint density at radius 2 is 2.08 bits per heavy atom. The number of furan rings is 1. The van der Waals surface area contributed by atoms with Crippen LogP contribution in [-0.4, -0.2) is 29.3 Å². The average molecular weight is 380 g/mol. The Bertz CT molecular complexity index is 913. The summed E-state index contributed by atoms with van der Waals surface area (Å²) in [5.41, 5.74) is -1.55. The molecule has 136 valence electrons. The van der Waals surface area contributed by atoms with Crippen LogP contribution >= 0.6 is 11.6 Å². The molecule has 3 rings (SSSR count). The number of nitrogens with zero attached hydrogens (tertiary/aromatic N) is 1. The largest absolute Gasteiger partial charge is 0.463 e. The van der Waals surface area contributed by atoms with Crippen molar-refractivity contribution in [2.75, 3.05) is 11.9 Å². The maximum absolute atomic E-state index is 13.7. The van der Waals surface area contributed by atoms with Crippen molar-refractivity contribution in [3.05, 3.63) is 52.7 Å². The van der Waals surface area contributed by atoms with Crippen molar-refractivity contribution in [3.8, 4) is 0 Å². The number of carbonyl (C=O) groups is 3. The molecular formula is C17H15ClFN3O4. The van der Waals surface area contributed by atoms with Crippen LogP contribution in [0.25, 0.3) is 0 Å². The molecule has 4 amide bonds. The maximum atomic E-state index is 13.7. The molecule has 2 aromatic rings. The molecule has 0 unspecified atom stereocenters. The fourth-order valence-electron chi connectivity index (χ4n) is 2.64. The number of rotatable bonds is 4. The van der Waals surface area contributed by atoms with Crippen molar-refractivity contribution in [2.45, 2.75) is 19.4 Å². The zero-order valence-electron chi connectivity index (χ0n) is 13.9.